The van der Waals surface area contributed by atoms with Crippen LogP contribution in [-0.2, 0) is 0 Å². The number of hydrogen-bond acceptors (Lipinski definition) is 3. The van der Waals surface area contributed by atoms with Gasteiger partial charge in [-0.2, -0.15) is 0 Å². The summed E-state index contributed by atoms with van der Waals surface area (Å²) in [4.78, 5) is 0. The van der Waals surface area contributed by atoms with Crippen LogP contribution in [0.4, 0.5) is 0 Å². The molecular formula is C77H48O3. The molecule has 0 amide bonds. The van der Waals surface area contributed by atoms with E-state index in [0.717, 1.165) is 88.4 Å². The van der Waals surface area contributed by atoms with Crippen LogP contribution in [0.5, 0.6) is 0 Å². The molecule has 0 saturated carbocycles. The summed E-state index contributed by atoms with van der Waals surface area (Å²) in [7, 11) is 0. The van der Waals surface area contributed by atoms with Crippen LogP contribution in [0.2, 0.25) is 0 Å². The molecule has 374 valence electrons. The van der Waals surface area contributed by atoms with Gasteiger partial charge in [-0.25, -0.2) is 0 Å². The van der Waals surface area contributed by atoms with E-state index in [1.165, 1.54) is 87.6 Å². The molecule has 13 aromatic carbocycles. The van der Waals surface area contributed by atoms with Gasteiger partial charge >= 0.3 is 0 Å². The van der Waals surface area contributed by atoms with Crippen molar-refractivity contribution in [2.75, 3.05) is 0 Å². The van der Waals surface area contributed by atoms with E-state index in [2.05, 4.69) is 268 Å². The molecule has 0 bridgehead atoms. The van der Waals surface area contributed by atoms with Crippen LogP contribution in [0.3, 0.4) is 0 Å². The molecule has 0 saturated heterocycles. The molecule has 0 aliphatic rings. The molecule has 0 atom stereocenters. The zero-order valence-corrected chi connectivity index (χ0v) is 43.8. The average molecular weight is 1020 g/mol. The topological polar surface area (TPSA) is 39.4 Å². The summed E-state index contributed by atoms with van der Waals surface area (Å²) in [6.07, 6.45) is 4.14. The zero-order chi connectivity index (χ0) is 53.0. The first-order chi connectivity index (χ1) is 39.5. The second-order valence-corrected chi connectivity index (χ2v) is 21.1. The first kappa shape index (κ1) is 45.7. The lowest BCUT2D eigenvalue weighted by Crippen LogP contribution is -1.92. The Morgan fingerprint density at radius 1 is 0.287 bits per heavy atom. The number of hydrogen-bond donors (Lipinski definition) is 0. The quantitative estimate of drug-likeness (QED) is 0.142. The van der Waals surface area contributed by atoms with E-state index in [-0.39, 0.29) is 0 Å². The van der Waals surface area contributed by atoms with Gasteiger partial charge in [0.05, 0.1) is 0 Å². The fourth-order valence-corrected chi connectivity index (χ4v) is 13.0. The van der Waals surface area contributed by atoms with Crippen molar-refractivity contribution >= 4 is 116 Å². The van der Waals surface area contributed by atoms with Gasteiger partial charge in [-0.1, -0.05) is 195 Å². The molecule has 80 heavy (non-hydrogen) atoms. The maximum Gasteiger partial charge on any atom is 0.136 e. The van der Waals surface area contributed by atoms with Crippen molar-refractivity contribution in [1.29, 1.82) is 0 Å². The summed E-state index contributed by atoms with van der Waals surface area (Å²) < 4.78 is 19.7. The maximum atomic E-state index is 6.83. The Hall–Kier alpha value is -10.5. The van der Waals surface area contributed by atoms with Crippen LogP contribution in [0, 0.1) is 0 Å². The number of rotatable bonds is 8. The summed E-state index contributed by atoms with van der Waals surface area (Å²) in [6.45, 7) is 6.52. The average Bonchev–Trinajstić information content (AvgIpc) is 4.29. The molecule has 0 aliphatic carbocycles. The van der Waals surface area contributed by atoms with Gasteiger partial charge in [-0.15, -0.1) is 0 Å². The summed E-state index contributed by atoms with van der Waals surface area (Å²) in [5, 5.41) is 14.9. The minimum atomic E-state index is 0.737. The zero-order valence-electron chi connectivity index (χ0n) is 43.8. The Kier molecular flexibility index (Phi) is 10.3. The Labute approximate surface area is 461 Å². The predicted octanol–water partition coefficient (Wildman–Crippen LogP) is 22.4. The van der Waals surface area contributed by atoms with Crippen molar-refractivity contribution in [2.45, 2.75) is 6.92 Å². The molecule has 16 rings (SSSR count). The molecular weight excluding hydrogens is 973 g/mol. The molecule has 0 fully saturated rings. The molecule has 3 nitrogen and oxygen atoms in total. The normalized spacial score (nSPS) is 12.2. The van der Waals surface area contributed by atoms with Gasteiger partial charge in [-0.3, -0.25) is 0 Å². The first-order valence-electron chi connectivity index (χ1n) is 27.3. The number of furan rings is 3. The standard InChI is InChI=1S/C77H48O3/c1-3-68-63(40-46(2)74-55-22-10-12-24-57(55)75(58-25-13-11-23-56(58)74)51-33-38-71-66(43-51)64-41-49(31-36-69(64)79-71)47-18-6-4-7-19-47)54-35-30-53(45-73(54)78-68)77-61-28-16-14-26-59(61)76(60-27-15-17-29-62(60)77)52-34-39-72-67(44-52)65-42-50(32-37-70(65)80-72)48-20-8-5-9-21-48/h3-45H,1H2,2H3/b46-40+. The minimum Gasteiger partial charge on any atom is -0.456 e. The summed E-state index contributed by atoms with van der Waals surface area (Å²) in [5.74, 6) is 0.737. The Morgan fingerprint density at radius 3 is 1.04 bits per heavy atom. The SMILES string of the molecule is C=Cc1oc2cc(-c3c4ccccc4c(-c4ccc5oc6ccc(-c7ccccc7)cc6c5c4)c4ccccc34)ccc2c1/C=C(\C)c1c2ccccc2c(-c2ccc3oc4ccc(-c5ccccc5)cc4c3c2)c2ccccc12. The van der Waals surface area contributed by atoms with Crippen molar-refractivity contribution in [3.8, 4) is 55.6 Å². The van der Waals surface area contributed by atoms with Crippen LogP contribution in [0.1, 0.15) is 23.8 Å². The third-order valence-electron chi connectivity index (χ3n) is 16.6. The molecule has 3 heterocycles. The van der Waals surface area contributed by atoms with Gasteiger partial charge in [0, 0.05) is 32.5 Å². The van der Waals surface area contributed by atoms with Crippen molar-refractivity contribution in [2.24, 2.45) is 0 Å². The van der Waals surface area contributed by atoms with E-state index in [4.69, 9.17) is 13.3 Å². The summed E-state index contributed by atoms with van der Waals surface area (Å²) >= 11 is 0. The highest BCUT2D eigenvalue weighted by atomic mass is 16.3. The van der Waals surface area contributed by atoms with Gasteiger partial charge in [0.2, 0.25) is 0 Å². The van der Waals surface area contributed by atoms with E-state index < -0.39 is 0 Å². The van der Waals surface area contributed by atoms with Gasteiger partial charge < -0.3 is 13.3 Å². The number of fused-ring (bicyclic) bond motifs is 11. The second kappa shape index (κ2) is 18.1. The van der Waals surface area contributed by atoms with Gasteiger partial charge in [-0.05, 0) is 190 Å². The van der Waals surface area contributed by atoms with E-state index in [0.29, 0.717) is 0 Å². The highest BCUT2D eigenvalue weighted by Gasteiger charge is 2.22. The van der Waals surface area contributed by atoms with Gasteiger partial charge in [0.1, 0.15) is 33.7 Å². The Bertz CT molecular complexity index is 5140. The van der Waals surface area contributed by atoms with E-state index in [9.17, 15) is 0 Å². The second-order valence-electron chi connectivity index (χ2n) is 21.1. The van der Waals surface area contributed by atoms with Crippen LogP contribution in [0.25, 0.3) is 171 Å². The van der Waals surface area contributed by atoms with Crippen LogP contribution < -0.4 is 0 Å². The lowest BCUT2D eigenvalue weighted by atomic mass is 9.85. The number of benzene rings is 13. The van der Waals surface area contributed by atoms with Crippen molar-refractivity contribution in [1.82, 2.24) is 0 Å². The first-order valence-corrected chi connectivity index (χ1v) is 27.3. The lowest BCUT2D eigenvalue weighted by molar-refractivity contribution is 0.603. The van der Waals surface area contributed by atoms with Crippen LogP contribution >= 0.6 is 0 Å². The molecule has 0 N–H and O–H groups in total. The molecule has 0 aliphatic heterocycles. The Morgan fingerprint density at radius 2 is 0.625 bits per heavy atom. The van der Waals surface area contributed by atoms with E-state index in [1.54, 1.807) is 0 Å². The van der Waals surface area contributed by atoms with E-state index >= 15 is 0 Å². The summed E-state index contributed by atoms with van der Waals surface area (Å²) in [6, 6.07) is 89.5. The molecule has 0 spiro atoms. The number of allylic oxidation sites excluding steroid dienone is 1. The lowest BCUT2D eigenvalue weighted by Gasteiger charge is -2.18. The molecule has 0 unspecified atom stereocenters. The third-order valence-corrected chi connectivity index (χ3v) is 16.6. The summed E-state index contributed by atoms with van der Waals surface area (Å²) in [5.41, 5.74) is 19.3. The highest BCUT2D eigenvalue weighted by molar-refractivity contribution is 6.24. The maximum absolute atomic E-state index is 6.83. The molecule has 3 aromatic heterocycles. The fraction of sp³-hybridized carbons (Fsp3) is 0.0130. The van der Waals surface area contributed by atoms with Crippen molar-refractivity contribution < 1.29 is 13.3 Å². The van der Waals surface area contributed by atoms with Crippen LogP contribution in [-0.4, -0.2) is 0 Å². The fourth-order valence-electron chi connectivity index (χ4n) is 13.0. The van der Waals surface area contributed by atoms with Crippen molar-refractivity contribution in [3.05, 3.63) is 272 Å². The minimum absolute atomic E-state index is 0.737. The van der Waals surface area contributed by atoms with Crippen molar-refractivity contribution in [3.63, 3.8) is 0 Å². The van der Waals surface area contributed by atoms with Gasteiger partial charge in [0.25, 0.3) is 0 Å². The third kappa shape index (κ3) is 7.14. The van der Waals surface area contributed by atoms with Crippen LogP contribution in [0.15, 0.2) is 269 Å². The highest BCUT2D eigenvalue weighted by Crippen LogP contribution is 2.48. The van der Waals surface area contributed by atoms with Gasteiger partial charge in [0.15, 0.2) is 0 Å². The molecule has 16 aromatic rings. The smallest absolute Gasteiger partial charge is 0.136 e. The predicted molar refractivity (Wildman–Crippen MR) is 338 cm³/mol. The molecule has 0 radical (unpaired) electrons. The Balaban J connectivity index is 0.818. The largest absolute Gasteiger partial charge is 0.456 e. The molecule has 3 heteroatoms. The monoisotopic (exact) mass is 1020 g/mol. The van der Waals surface area contributed by atoms with E-state index in [1.807, 2.05) is 6.08 Å².